The summed E-state index contributed by atoms with van der Waals surface area (Å²) < 4.78 is 19.2. The Labute approximate surface area is 154 Å². The Kier molecular flexibility index (Phi) is 6.40. The third-order valence-electron chi connectivity index (χ3n) is 4.14. The van der Waals surface area contributed by atoms with E-state index >= 15 is 0 Å². The number of hydrogen-bond donors (Lipinski definition) is 1. The van der Waals surface area contributed by atoms with Gasteiger partial charge in [-0.3, -0.25) is 4.79 Å². The van der Waals surface area contributed by atoms with Crippen LogP contribution in [0.1, 0.15) is 44.7 Å². The number of piperidine rings is 1. The van der Waals surface area contributed by atoms with Crippen LogP contribution in [0.3, 0.4) is 0 Å². The quantitative estimate of drug-likeness (QED) is 0.891. The fourth-order valence-electron chi connectivity index (χ4n) is 2.93. The van der Waals surface area contributed by atoms with E-state index in [-0.39, 0.29) is 18.4 Å². The maximum atomic E-state index is 14.0. The maximum Gasteiger partial charge on any atom is 0.407 e. The Hall–Kier alpha value is -2.37. The number of benzene rings is 1. The molecule has 1 saturated heterocycles. The summed E-state index contributed by atoms with van der Waals surface area (Å²) in [6.07, 6.45) is 2.69. The summed E-state index contributed by atoms with van der Waals surface area (Å²) in [5.41, 5.74) is 0.564. The minimum Gasteiger partial charge on any atom is -0.444 e. The van der Waals surface area contributed by atoms with Gasteiger partial charge in [0.1, 0.15) is 11.4 Å². The zero-order chi connectivity index (χ0) is 19.3. The second-order valence-corrected chi connectivity index (χ2v) is 7.56. The molecule has 1 atom stereocenters. The number of alkyl carbamates (subject to hydrolysis) is 1. The summed E-state index contributed by atoms with van der Waals surface area (Å²) in [6, 6.07) is 4.45. The van der Waals surface area contributed by atoms with Gasteiger partial charge in [-0.05, 0) is 56.9 Å². The average Bonchev–Trinajstić information content (AvgIpc) is 2.55. The lowest BCUT2D eigenvalue weighted by Gasteiger charge is -2.33. The zero-order valence-electron chi connectivity index (χ0n) is 15.7. The van der Waals surface area contributed by atoms with E-state index < -0.39 is 17.5 Å². The van der Waals surface area contributed by atoms with Crippen LogP contribution in [0, 0.1) is 5.82 Å². The zero-order valence-corrected chi connectivity index (χ0v) is 15.7. The molecule has 142 valence electrons. The van der Waals surface area contributed by atoms with Gasteiger partial charge in [0.25, 0.3) is 0 Å². The van der Waals surface area contributed by atoms with Crippen molar-refractivity contribution in [3.63, 3.8) is 0 Å². The monoisotopic (exact) mass is 362 g/mol. The van der Waals surface area contributed by atoms with Crippen LogP contribution in [0.2, 0.25) is 0 Å². The molecule has 1 N–H and O–H groups in total. The second kappa shape index (κ2) is 8.34. The Morgan fingerprint density at radius 3 is 2.81 bits per heavy atom. The number of likely N-dealkylation sites (tertiary alicyclic amines) is 1. The molecular weight excluding hydrogens is 335 g/mol. The number of amides is 2. The van der Waals surface area contributed by atoms with Gasteiger partial charge in [0.05, 0.1) is 6.42 Å². The van der Waals surface area contributed by atoms with Gasteiger partial charge >= 0.3 is 6.09 Å². The standard InChI is InChI=1S/C20H27FN2O3/c1-5-14-8-9-17(21)15(11-14)12-18(24)23-10-6-7-16(13-23)22-19(25)26-20(2,3)4/h5,8-9,11,16H,1,6-7,10,12-13H2,2-4H3,(H,22,25). The number of carbonyl (C=O) groups is 2. The molecule has 0 saturated carbocycles. The highest BCUT2D eigenvalue weighted by Crippen LogP contribution is 2.17. The van der Waals surface area contributed by atoms with Crippen LogP contribution in [0.15, 0.2) is 24.8 Å². The number of halogens is 1. The van der Waals surface area contributed by atoms with Crippen molar-refractivity contribution in [3.05, 3.63) is 41.7 Å². The van der Waals surface area contributed by atoms with Crippen molar-refractivity contribution >= 4 is 18.1 Å². The number of ether oxygens (including phenoxy) is 1. The van der Waals surface area contributed by atoms with E-state index in [9.17, 15) is 14.0 Å². The number of nitrogens with one attached hydrogen (secondary N) is 1. The van der Waals surface area contributed by atoms with E-state index in [4.69, 9.17) is 4.74 Å². The van der Waals surface area contributed by atoms with Crippen LogP contribution < -0.4 is 5.32 Å². The lowest BCUT2D eigenvalue weighted by Crippen LogP contribution is -2.50. The Morgan fingerprint density at radius 1 is 1.42 bits per heavy atom. The van der Waals surface area contributed by atoms with E-state index in [1.54, 1.807) is 43.9 Å². The first kappa shape index (κ1) is 19.9. The molecule has 1 aliphatic heterocycles. The largest absolute Gasteiger partial charge is 0.444 e. The van der Waals surface area contributed by atoms with E-state index in [2.05, 4.69) is 11.9 Å². The molecule has 6 heteroatoms. The molecule has 2 amide bonds. The molecular formula is C20H27FN2O3. The molecule has 0 aliphatic carbocycles. The Bertz CT molecular complexity index is 682. The molecule has 1 heterocycles. The van der Waals surface area contributed by atoms with Crippen molar-refractivity contribution in [2.75, 3.05) is 13.1 Å². The van der Waals surface area contributed by atoms with E-state index in [0.29, 0.717) is 18.7 Å². The van der Waals surface area contributed by atoms with Crippen LogP contribution in [0.25, 0.3) is 6.08 Å². The predicted octanol–water partition coefficient (Wildman–Crippen LogP) is 3.53. The topological polar surface area (TPSA) is 58.6 Å². The summed E-state index contributed by atoms with van der Waals surface area (Å²) in [6.45, 7) is 10.1. The van der Waals surface area contributed by atoms with Gasteiger partial charge in [-0.1, -0.05) is 18.7 Å². The lowest BCUT2D eigenvalue weighted by molar-refractivity contribution is -0.131. The van der Waals surface area contributed by atoms with Crippen molar-refractivity contribution in [2.24, 2.45) is 0 Å². The normalized spacial score (nSPS) is 17.5. The first-order chi connectivity index (χ1) is 12.2. The molecule has 26 heavy (non-hydrogen) atoms. The summed E-state index contributed by atoms with van der Waals surface area (Å²) in [7, 11) is 0. The van der Waals surface area contributed by atoms with Crippen LogP contribution in [-0.4, -0.2) is 41.6 Å². The van der Waals surface area contributed by atoms with E-state index in [1.807, 2.05) is 0 Å². The molecule has 1 aliphatic rings. The van der Waals surface area contributed by atoms with Gasteiger partial charge in [0.15, 0.2) is 0 Å². The third kappa shape index (κ3) is 5.86. The Morgan fingerprint density at radius 2 is 2.15 bits per heavy atom. The number of rotatable bonds is 4. The molecule has 1 fully saturated rings. The molecule has 1 aromatic rings. The van der Waals surface area contributed by atoms with Crippen LogP contribution in [-0.2, 0) is 16.0 Å². The summed E-state index contributed by atoms with van der Waals surface area (Å²) in [5, 5.41) is 2.81. The van der Waals surface area contributed by atoms with Gasteiger partial charge in [-0.2, -0.15) is 0 Å². The molecule has 1 aromatic carbocycles. The van der Waals surface area contributed by atoms with Crippen molar-refractivity contribution in [3.8, 4) is 0 Å². The highest BCUT2D eigenvalue weighted by Gasteiger charge is 2.27. The predicted molar refractivity (Wildman–Crippen MR) is 99.2 cm³/mol. The van der Waals surface area contributed by atoms with Crippen LogP contribution in [0.5, 0.6) is 0 Å². The van der Waals surface area contributed by atoms with Crippen molar-refractivity contribution in [1.29, 1.82) is 0 Å². The number of nitrogens with zero attached hydrogens (tertiary/aromatic N) is 1. The van der Waals surface area contributed by atoms with Gasteiger partial charge in [0, 0.05) is 19.1 Å². The van der Waals surface area contributed by atoms with E-state index in [0.717, 1.165) is 18.4 Å². The number of hydrogen-bond acceptors (Lipinski definition) is 3. The minimum atomic E-state index is -0.568. The van der Waals surface area contributed by atoms with Crippen molar-refractivity contribution in [1.82, 2.24) is 10.2 Å². The first-order valence-corrected chi connectivity index (χ1v) is 8.86. The maximum absolute atomic E-state index is 14.0. The molecule has 0 bridgehead atoms. The van der Waals surface area contributed by atoms with Crippen LogP contribution >= 0.6 is 0 Å². The summed E-state index contributed by atoms with van der Waals surface area (Å²) in [4.78, 5) is 26.2. The fraction of sp³-hybridized carbons (Fsp3) is 0.500. The molecule has 0 spiro atoms. The molecule has 0 aromatic heterocycles. The Balaban J connectivity index is 1.95. The van der Waals surface area contributed by atoms with Gasteiger partial charge in [0.2, 0.25) is 5.91 Å². The minimum absolute atomic E-state index is 0.00727. The van der Waals surface area contributed by atoms with E-state index in [1.165, 1.54) is 6.07 Å². The SMILES string of the molecule is C=Cc1ccc(F)c(CC(=O)N2CCCC(NC(=O)OC(C)(C)C)C2)c1. The van der Waals surface area contributed by atoms with Crippen LogP contribution in [0.4, 0.5) is 9.18 Å². The van der Waals surface area contributed by atoms with Crippen molar-refractivity contribution < 1.29 is 18.7 Å². The second-order valence-electron chi connectivity index (χ2n) is 7.56. The highest BCUT2D eigenvalue weighted by atomic mass is 19.1. The summed E-state index contributed by atoms with van der Waals surface area (Å²) >= 11 is 0. The molecule has 5 nitrogen and oxygen atoms in total. The smallest absolute Gasteiger partial charge is 0.407 e. The average molecular weight is 362 g/mol. The molecule has 2 rings (SSSR count). The summed E-state index contributed by atoms with van der Waals surface area (Å²) in [5.74, 6) is -0.551. The first-order valence-electron chi connectivity index (χ1n) is 8.86. The number of carbonyl (C=O) groups excluding carboxylic acids is 2. The van der Waals surface area contributed by atoms with Gasteiger partial charge < -0.3 is 15.0 Å². The lowest BCUT2D eigenvalue weighted by atomic mass is 10.0. The molecule has 1 unspecified atom stereocenters. The van der Waals surface area contributed by atoms with Gasteiger partial charge in [-0.25, -0.2) is 9.18 Å². The molecule has 0 radical (unpaired) electrons. The van der Waals surface area contributed by atoms with Gasteiger partial charge in [-0.15, -0.1) is 0 Å². The van der Waals surface area contributed by atoms with Crippen molar-refractivity contribution in [2.45, 2.75) is 51.7 Å². The third-order valence-corrected chi connectivity index (χ3v) is 4.14. The highest BCUT2D eigenvalue weighted by molar-refractivity contribution is 5.79. The fourth-order valence-corrected chi connectivity index (χ4v) is 2.93.